The van der Waals surface area contributed by atoms with Gasteiger partial charge in [0.25, 0.3) is 23.6 Å². The zero-order valence-electron chi connectivity index (χ0n) is 21.0. The van der Waals surface area contributed by atoms with Gasteiger partial charge in [0.1, 0.15) is 23.0 Å². The number of hydrogen-bond donors (Lipinski definition) is 2. The molecule has 0 unspecified atom stereocenters. The smallest absolute Gasteiger partial charge is 0.262 e. The molecule has 39 heavy (non-hydrogen) atoms. The van der Waals surface area contributed by atoms with Gasteiger partial charge in [0.05, 0.1) is 22.3 Å². The largest absolute Gasteiger partial charge is 0.457 e. The number of fused-ring (bicyclic) bond motifs is 2. The van der Waals surface area contributed by atoms with Crippen LogP contribution < -0.4 is 20.1 Å². The highest BCUT2D eigenvalue weighted by Gasteiger charge is 2.31. The minimum Gasteiger partial charge on any atom is -0.457 e. The highest BCUT2D eigenvalue weighted by atomic mass is 16.5. The average molecular weight is 519 g/mol. The summed E-state index contributed by atoms with van der Waals surface area (Å²) < 4.78 is 11.9. The first-order valence-corrected chi connectivity index (χ1v) is 12.3. The third kappa shape index (κ3) is 4.12. The van der Waals surface area contributed by atoms with Crippen LogP contribution in [0.25, 0.3) is 0 Å². The molecule has 0 radical (unpaired) electrons. The molecule has 4 aromatic carbocycles. The van der Waals surface area contributed by atoms with E-state index in [0.717, 1.165) is 11.1 Å². The summed E-state index contributed by atoms with van der Waals surface area (Å²) in [6, 6.07) is 25.0. The van der Waals surface area contributed by atoms with Gasteiger partial charge in [0.15, 0.2) is 0 Å². The Morgan fingerprint density at radius 3 is 1.28 bits per heavy atom. The third-order valence-electron chi connectivity index (χ3n) is 7.06. The minimum atomic E-state index is -0.468. The maximum absolute atomic E-state index is 12.2. The Balaban J connectivity index is 1.20. The summed E-state index contributed by atoms with van der Waals surface area (Å²) >= 11 is 0. The van der Waals surface area contributed by atoms with Crippen molar-refractivity contribution in [3.05, 3.63) is 118 Å². The zero-order chi connectivity index (χ0) is 27.3. The molecular formula is C31H22N2O6. The van der Waals surface area contributed by atoms with Crippen LogP contribution >= 0.6 is 0 Å². The van der Waals surface area contributed by atoms with E-state index in [0.29, 0.717) is 34.1 Å². The predicted molar refractivity (Wildman–Crippen MR) is 142 cm³/mol. The fourth-order valence-corrected chi connectivity index (χ4v) is 4.85. The van der Waals surface area contributed by atoms with Gasteiger partial charge in [0, 0.05) is 5.41 Å². The highest BCUT2D eigenvalue weighted by Crippen LogP contribution is 2.36. The van der Waals surface area contributed by atoms with Crippen molar-refractivity contribution in [2.45, 2.75) is 19.3 Å². The SMILES string of the molecule is CC(C)(c1ccc(Oc2cccc3c2C(=O)NC3=O)cc1)c1ccc(Oc2cccc3c2C(=O)NC3=O)cc1. The first kappa shape index (κ1) is 24.1. The van der Waals surface area contributed by atoms with Crippen molar-refractivity contribution in [3.63, 3.8) is 0 Å². The molecule has 0 aromatic heterocycles. The van der Waals surface area contributed by atoms with Crippen molar-refractivity contribution in [2.75, 3.05) is 0 Å². The van der Waals surface area contributed by atoms with Gasteiger partial charge in [-0.1, -0.05) is 50.2 Å². The maximum Gasteiger partial charge on any atom is 0.262 e. The van der Waals surface area contributed by atoms with Gasteiger partial charge in [-0.3, -0.25) is 29.8 Å². The van der Waals surface area contributed by atoms with E-state index in [9.17, 15) is 19.2 Å². The second kappa shape index (κ2) is 8.95. The highest BCUT2D eigenvalue weighted by molar-refractivity contribution is 6.23. The normalized spacial score (nSPS) is 14.0. The number of amides is 4. The van der Waals surface area contributed by atoms with Gasteiger partial charge in [-0.2, -0.15) is 0 Å². The van der Waals surface area contributed by atoms with Crippen LogP contribution in [0.15, 0.2) is 84.9 Å². The summed E-state index contributed by atoms with van der Waals surface area (Å²) in [6.07, 6.45) is 0. The van der Waals surface area contributed by atoms with Gasteiger partial charge in [-0.05, 0) is 59.7 Å². The molecule has 0 bridgehead atoms. The minimum absolute atomic E-state index is 0.238. The van der Waals surface area contributed by atoms with Crippen LogP contribution in [0.3, 0.4) is 0 Å². The van der Waals surface area contributed by atoms with E-state index in [-0.39, 0.29) is 16.5 Å². The topological polar surface area (TPSA) is 111 Å². The Morgan fingerprint density at radius 1 is 0.513 bits per heavy atom. The van der Waals surface area contributed by atoms with Crippen molar-refractivity contribution in [2.24, 2.45) is 0 Å². The number of rotatable bonds is 6. The summed E-state index contributed by atoms with van der Waals surface area (Å²) in [7, 11) is 0. The molecule has 8 nitrogen and oxygen atoms in total. The molecule has 2 aliphatic rings. The van der Waals surface area contributed by atoms with Crippen LogP contribution in [0, 0.1) is 0 Å². The molecule has 192 valence electrons. The number of nitrogens with one attached hydrogen (secondary N) is 2. The molecule has 8 heteroatoms. The van der Waals surface area contributed by atoms with Gasteiger partial charge in [0.2, 0.25) is 0 Å². The Morgan fingerprint density at radius 2 is 0.897 bits per heavy atom. The quantitative estimate of drug-likeness (QED) is 0.332. The standard InChI is InChI=1S/C31H22N2O6/c1-31(2,17-9-13-19(14-10-17)38-23-7-3-5-21-25(23)29(36)32-27(21)34)18-11-15-20(16-12-18)39-24-8-4-6-22-26(24)30(37)33-28(22)35/h3-16H,1-2H3,(H,32,34,36)(H,33,35,37). The number of carbonyl (C=O) groups is 4. The van der Waals surface area contributed by atoms with E-state index in [4.69, 9.17) is 9.47 Å². The molecule has 0 saturated heterocycles. The monoisotopic (exact) mass is 518 g/mol. The van der Waals surface area contributed by atoms with E-state index in [1.165, 1.54) is 0 Å². The zero-order valence-corrected chi connectivity index (χ0v) is 21.0. The summed E-state index contributed by atoms with van der Waals surface area (Å²) in [4.78, 5) is 48.2. The van der Waals surface area contributed by atoms with E-state index in [1.54, 1.807) is 36.4 Å². The first-order chi connectivity index (χ1) is 18.7. The molecule has 2 N–H and O–H groups in total. The van der Waals surface area contributed by atoms with Crippen LogP contribution in [0.5, 0.6) is 23.0 Å². The number of imide groups is 2. The number of carbonyl (C=O) groups excluding carboxylic acids is 4. The van der Waals surface area contributed by atoms with Gasteiger partial charge < -0.3 is 9.47 Å². The molecule has 4 amide bonds. The van der Waals surface area contributed by atoms with Gasteiger partial charge in [-0.15, -0.1) is 0 Å². The first-order valence-electron chi connectivity index (χ1n) is 12.3. The maximum atomic E-state index is 12.2. The molecule has 6 rings (SSSR count). The molecule has 0 aliphatic carbocycles. The second-order valence-electron chi connectivity index (χ2n) is 9.80. The summed E-state index contributed by atoms with van der Waals surface area (Å²) in [5.41, 5.74) is 2.78. The van der Waals surface area contributed by atoms with Crippen LogP contribution in [0.1, 0.15) is 66.4 Å². The van der Waals surface area contributed by atoms with Crippen molar-refractivity contribution in [1.82, 2.24) is 10.6 Å². The summed E-state index contributed by atoms with van der Waals surface area (Å²) in [5, 5.41) is 4.58. The van der Waals surface area contributed by atoms with E-state index in [2.05, 4.69) is 24.5 Å². The molecule has 0 fully saturated rings. The van der Waals surface area contributed by atoms with Gasteiger partial charge >= 0.3 is 0 Å². The molecule has 2 heterocycles. The van der Waals surface area contributed by atoms with Crippen LogP contribution in [-0.2, 0) is 5.41 Å². The van der Waals surface area contributed by atoms with Crippen molar-refractivity contribution < 1.29 is 28.7 Å². The predicted octanol–water partition coefficient (Wildman–Crippen LogP) is 5.36. The van der Waals surface area contributed by atoms with Crippen LogP contribution in [-0.4, -0.2) is 23.6 Å². The number of ether oxygens (including phenoxy) is 2. The lowest BCUT2D eigenvalue weighted by Gasteiger charge is -2.26. The Bertz CT molecular complexity index is 1560. The Labute approximate surface area is 223 Å². The molecule has 2 aliphatic heterocycles. The fourth-order valence-electron chi connectivity index (χ4n) is 4.85. The summed E-state index contributed by atoms with van der Waals surface area (Å²) in [5.74, 6) is -0.0694. The Kier molecular flexibility index (Phi) is 5.54. The molecular weight excluding hydrogens is 496 g/mol. The lowest BCUT2D eigenvalue weighted by Crippen LogP contribution is -2.20. The second-order valence-corrected chi connectivity index (χ2v) is 9.80. The lowest BCUT2D eigenvalue weighted by atomic mass is 9.78. The number of hydrogen-bond acceptors (Lipinski definition) is 6. The summed E-state index contributed by atoms with van der Waals surface area (Å²) in [6.45, 7) is 4.19. The van der Waals surface area contributed by atoms with Crippen molar-refractivity contribution in [1.29, 1.82) is 0 Å². The van der Waals surface area contributed by atoms with E-state index < -0.39 is 23.6 Å². The van der Waals surface area contributed by atoms with Gasteiger partial charge in [-0.25, -0.2) is 0 Å². The average Bonchev–Trinajstić information content (AvgIpc) is 3.39. The van der Waals surface area contributed by atoms with Crippen LogP contribution in [0.2, 0.25) is 0 Å². The Hall–Kier alpha value is -5.24. The molecule has 4 aromatic rings. The van der Waals surface area contributed by atoms with E-state index >= 15 is 0 Å². The lowest BCUT2D eigenvalue weighted by molar-refractivity contribution is 0.0862. The van der Waals surface area contributed by atoms with Crippen molar-refractivity contribution >= 4 is 23.6 Å². The molecule has 0 saturated carbocycles. The van der Waals surface area contributed by atoms with Crippen molar-refractivity contribution in [3.8, 4) is 23.0 Å². The molecule has 0 atom stereocenters. The van der Waals surface area contributed by atoms with E-state index in [1.807, 2.05) is 48.5 Å². The molecule has 0 spiro atoms. The third-order valence-corrected chi connectivity index (χ3v) is 7.06. The number of benzene rings is 4. The fraction of sp³-hybridized carbons (Fsp3) is 0.0968. The van der Waals surface area contributed by atoms with Crippen LogP contribution in [0.4, 0.5) is 0 Å².